The summed E-state index contributed by atoms with van der Waals surface area (Å²) < 4.78 is 5.73. The van der Waals surface area contributed by atoms with Crippen LogP contribution in [0.5, 0.6) is 5.75 Å². The van der Waals surface area contributed by atoms with Crippen LogP contribution in [0.3, 0.4) is 0 Å². The average Bonchev–Trinajstić information content (AvgIpc) is 2.69. The Morgan fingerprint density at radius 2 is 1.82 bits per heavy atom. The Labute approximate surface area is 169 Å². The summed E-state index contributed by atoms with van der Waals surface area (Å²) in [6.07, 6.45) is 6.42. The Hall–Kier alpha value is -2.55. The monoisotopic (exact) mass is 376 g/mol. The molecule has 3 heteroatoms. The van der Waals surface area contributed by atoms with Crippen molar-refractivity contribution in [1.29, 1.82) is 0 Å². The molecule has 0 radical (unpaired) electrons. The predicted octanol–water partition coefficient (Wildman–Crippen LogP) is 6.42. The van der Waals surface area contributed by atoms with Gasteiger partial charge in [-0.15, -0.1) is 0 Å². The zero-order valence-electron chi connectivity index (χ0n) is 18.0. The smallest absolute Gasteiger partial charge is 0.129 e. The fourth-order valence-corrected chi connectivity index (χ4v) is 3.99. The van der Waals surface area contributed by atoms with Crippen LogP contribution in [0.15, 0.2) is 47.5 Å². The van der Waals surface area contributed by atoms with Crippen molar-refractivity contribution in [3.63, 3.8) is 0 Å². The third-order valence-electron chi connectivity index (χ3n) is 5.47. The minimum Gasteiger partial charge on any atom is -0.496 e. The molecule has 1 aliphatic heterocycles. The van der Waals surface area contributed by atoms with Gasteiger partial charge in [0.05, 0.1) is 18.3 Å². The molecular formula is C25H32N2O. The van der Waals surface area contributed by atoms with Gasteiger partial charge in [-0.25, -0.2) is 0 Å². The second kappa shape index (κ2) is 8.22. The normalized spacial score (nSPS) is 15.5. The summed E-state index contributed by atoms with van der Waals surface area (Å²) >= 11 is 0. The minimum absolute atomic E-state index is 0.00522. The molecule has 0 bridgehead atoms. The first kappa shape index (κ1) is 20.2. The molecule has 0 amide bonds. The van der Waals surface area contributed by atoms with E-state index < -0.39 is 0 Å². The molecule has 0 fully saturated rings. The van der Waals surface area contributed by atoms with Crippen molar-refractivity contribution in [2.45, 2.75) is 53.0 Å². The summed E-state index contributed by atoms with van der Waals surface area (Å²) in [4.78, 5) is 7.15. The number of rotatable bonds is 6. The average molecular weight is 377 g/mol. The van der Waals surface area contributed by atoms with Crippen molar-refractivity contribution in [3.05, 3.63) is 59.2 Å². The molecule has 0 N–H and O–H groups in total. The van der Waals surface area contributed by atoms with Crippen molar-refractivity contribution in [1.82, 2.24) is 0 Å². The molecule has 0 saturated heterocycles. The van der Waals surface area contributed by atoms with Gasteiger partial charge in [0.15, 0.2) is 0 Å². The first-order chi connectivity index (χ1) is 13.4. The molecule has 3 nitrogen and oxygen atoms in total. The number of hydrogen-bond acceptors (Lipinski definition) is 3. The highest BCUT2D eigenvalue weighted by Gasteiger charge is 2.31. The van der Waals surface area contributed by atoms with Crippen LogP contribution in [0.1, 0.15) is 57.7 Å². The maximum absolute atomic E-state index is 5.73. The number of allylic oxidation sites excluding steroid dienone is 1. The SMILES string of the molecule is CCCN1c2cc(OC)c(C=Nc3ccc(CC)cc3)cc2C(C)=CC1(C)C. The van der Waals surface area contributed by atoms with Gasteiger partial charge in [-0.2, -0.15) is 0 Å². The van der Waals surface area contributed by atoms with Crippen molar-refractivity contribution < 1.29 is 4.74 Å². The summed E-state index contributed by atoms with van der Waals surface area (Å²) in [5, 5.41) is 0. The molecule has 28 heavy (non-hydrogen) atoms. The summed E-state index contributed by atoms with van der Waals surface area (Å²) in [5.74, 6) is 0.860. The van der Waals surface area contributed by atoms with Crippen molar-refractivity contribution in [2.24, 2.45) is 4.99 Å². The van der Waals surface area contributed by atoms with E-state index >= 15 is 0 Å². The molecule has 3 rings (SSSR count). The number of benzene rings is 2. The third-order valence-corrected chi connectivity index (χ3v) is 5.47. The highest BCUT2D eigenvalue weighted by Crippen LogP contribution is 2.42. The maximum Gasteiger partial charge on any atom is 0.129 e. The molecule has 0 atom stereocenters. The topological polar surface area (TPSA) is 24.8 Å². The quantitative estimate of drug-likeness (QED) is 0.543. The molecule has 0 unspecified atom stereocenters. The Kier molecular flexibility index (Phi) is 5.93. The molecule has 0 saturated carbocycles. The second-order valence-electron chi connectivity index (χ2n) is 8.02. The van der Waals surface area contributed by atoms with Crippen LogP contribution in [-0.4, -0.2) is 25.4 Å². The third kappa shape index (κ3) is 3.99. The highest BCUT2D eigenvalue weighted by atomic mass is 16.5. The van der Waals surface area contributed by atoms with Crippen LogP contribution in [0.4, 0.5) is 11.4 Å². The van der Waals surface area contributed by atoms with E-state index in [9.17, 15) is 0 Å². The number of fused-ring (bicyclic) bond motifs is 1. The van der Waals surface area contributed by atoms with E-state index in [4.69, 9.17) is 4.74 Å². The lowest BCUT2D eigenvalue weighted by Gasteiger charge is -2.43. The van der Waals surface area contributed by atoms with E-state index in [1.54, 1.807) is 7.11 Å². The lowest BCUT2D eigenvalue weighted by atomic mass is 9.87. The molecular weight excluding hydrogens is 344 g/mol. The van der Waals surface area contributed by atoms with E-state index in [1.165, 1.54) is 22.4 Å². The number of nitrogens with zero attached hydrogens (tertiary/aromatic N) is 2. The fraction of sp³-hybridized carbons (Fsp3) is 0.400. The van der Waals surface area contributed by atoms with Crippen molar-refractivity contribution >= 4 is 23.2 Å². The summed E-state index contributed by atoms with van der Waals surface area (Å²) in [6, 6.07) is 12.8. The van der Waals surface area contributed by atoms with Gasteiger partial charge in [-0.3, -0.25) is 4.99 Å². The van der Waals surface area contributed by atoms with E-state index in [0.29, 0.717) is 0 Å². The zero-order chi connectivity index (χ0) is 20.3. The number of aliphatic imine (C=N–C) groups is 1. The van der Waals surface area contributed by atoms with Crippen LogP contribution in [0.2, 0.25) is 0 Å². The van der Waals surface area contributed by atoms with Gasteiger partial charge >= 0.3 is 0 Å². The van der Waals surface area contributed by atoms with Gasteiger partial charge < -0.3 is 9.64 Å². The first-order valence-electron chi connectivity index (χ1n) is 10.2. The van der Waals surface area contributed by atoms with Crippen LogP contribution in [-0.2, 0) is 6.42 Å². The Morgan fingerprint density at radius 1 is 1.11 bits per heavy atom. The summed E-state index contributed by atoms with van der Waals surface area (Å²) in [5.41, 5.74) is 7.09. The standard InChI is InChI=1S/C25H32N2O/c1-7-13-27-23-15-24(28-6)20(14-22(23)18(3)16-25(27,4)5)17-26-21-11-9-19(8-2)10-12-21/h9-12,14-17H,7-8,13H2,1-6H3. The van der Waals surface area contributed by atoms with E-state index in [0.717, 1.165) is 36.4 Å². The van der Waals surface area contributed by atoms with E-state index in [-0.39, 0.29) is 5.54 Å². The van der Waals surface area contributed by atoms with Gasteiger partial charge in [0, 0.05) is 35.6 Å². The number of hydrogen-bond donors (Lipinski definition) is 0. The largest absolute Gasteiger partial charge is 0.496 e. The van der Waals surface area contributed by atoms with Crippen molar-refractivity contribution in [2.75, 3.05) is 18.6 Å². The van der Waals surface area contributed by atoms with Gasteiger partial charge in [0.2, 0.25) is 0 Å². The van der Waals surface area contributed by atoms with Gasteiger partial charge in [0.1, 0.15) is 5.75 Å². The first-order valence-corrected chi connectivity index (χ1v) is 10.2. The molecule has 1 aliphatic rings. The molecule has 0 aromatic heterocycles. The summed E-state index contributed by atoms with van der Waals surface area (Å²) in [6.45, 7) is 12.1. The molecule has 1 heterocycles. The number of ether oxygens (including phenoxy) is 1. The maximum atomic E-state index is 5.73. The fourth-order valence-electron chi connectivity index (χ4n) is 3.99. The summed E-state index contributed by atoms with van der Waals surface area (Å²) in [7, 11) is 1.73. The van der Waals surface area contributed by atoms with Crippen molar-refractivity contribution in [3.8, 4) is 5.75 Å². The van der Waals surface area contributed by atoms with Crippen LogP contribution in [0.25, 0.3) is 5.57 Å². The number of aryl methyl sites for hydroxylation is 1. The minimum atomic E-state index is -0.00522. The van der Waals surface area contributed by atoms with Gasteiger partial charge in [-0.05, 0) is 62.9 Å². The Balaban J connectivity index is 2.02. The number of anilines is 1. The lowest BCUT2D eigenvalue weighted by molar-refractivity contribution is 0.413. The molecule has 2 aromatic carbocycles. The lowest BCUT2D eigenvalue weighted by Crippen LogP contribution is -2.45. The van der Waals surface area contributed by atoms with E-state index in [2.05, 4.69) is 87.0 Å². The predicted molar refractivity (Wildman–Crippen MR) is 121 cm³/mol. The molecule has 0 aliphatic carbocycles. The Morgan fingerprint density at radius 3 is 2.43 bits per heavy atom. The van der Waals surface area contributed by atoms with E-state index in [1.807, 2.05) is 6.21 Å². The van der Waals surface area contributed by atoms with Gasteiger partial charge in [0.25, 0.3) is 0 Å². The van der Waals surface area contributed by atoms with Crippen LogP contribution >= 0.6 is 0 Å². The molecule has 2 aromatic rings. The number of methoxy groups -OCH3 is 1. The van der Waals surface area contributed by atoms with Crippen LogP contribution in [0, 0.1) is 0 Å². The highest BCUT2D eigenvalue weighted by molar-refractivity contribution is 5.92. The second-order valence-corrected chi connectivity index (χ2v) is 8.02. The zero-order valence-corrected chi connectivity index (χ0v) is 18.0. The van der Waals surface area contributed by atoms with Crippen LogP contribution < -0.4 is 9.64 Å². The molecule has 148 valence electrons. The Bertz CT molecular complexity index is 892. The van der Waals surface area contributed by atoms with Gasteiger partial charge in [-0.1, -0.05) is 32.1 Å². The molecule has 0 spiro atoms.